The summed E-state index contributed by atoms with van der Waals surface area (Å²) >= 11 is 0. The van der Waals surface area contributed by atoms with Gasteiger partial charge in [0.1, 0.15) is 17.9 Å². The van der Waals surface area contributed by atoms with Crippen molar-refractivity contribution in [2.24, 2.45) is 23.7 Å². The van der Waals surface area contributed by atoms with E-state index in [0.29, 0.717) is 36.3 Å². The van der Waals surface area contributed by atoms with Crippen LogP contribution in [0, 0.1) is 23.7 Å². The minimum atomic E-state index is -0.833. The molecule has 5 aliphatic rings. The molecule has 1 aromatic carbocycles. The molecule has 4 aliphatic heterocycles. The van der Waals surface area contributed by atoms with E-state index >= 15 is 0 Å². The van der Waals surface area contributed by atoms with Gasteiger partial charge in [0.05, 0.1) is 19.8 Å². The summed E-state index contributed by atoms with van der Waals surface area (Å²) in [5.41, 5.74) is 0.153. The molecule has 12 heteroatoms. The molecule has 1 aromatic heterocycles. The lowest BCUT2D eigenvalue weighted by Crippen LogP contribution is -2.70. The van der Waals surface area contributed by atoms with Gasteiger partial charge >= 0.3 is 5.97 Å². The Balaban J connectivity index is 1.06. The number of aromatic nitrogens is 2. The Hall–Kier alpha value is -3.03. The number of benzene rings is 1. The van der Waals surface area contributed by atoms with Gasteiger partial charge in [-0.1, -0.05) is 13.8 Å². The van der Waals surface area contributed by atoms with Crippen molar-refractivity contribution in [1.82, 2.24) is 9.78 Å². The third-order valence-electron chi connectivity index (χ3n) is 9.55. The van der Waals surface area contributed by atoms with Crippen molar-refractivity contribution in [3.63, 3.8) is 0 Å². The molecule has 8 atom stereocenters. The minimum absolute atomic E-state index is 0.0633. The highest BCUT2D eigenvalue weighted by Crippen LogP contribution is 2.60. The quantitative estimate of drug-likeness (QED) is 0.217. The highest BCUT2D eigenvalue weighted by molar-refractivity contribution is 5.95. The van der Waals surface area contributed by atoms with Crippen LogP contribution in [-0.4, -0.2) is 65.4 Å². The van der Waals surface area contributed by atoms with Crippen LogP contribution in [0.4, 0.5) is 5.69 Å². The summed E-state index contributed by atoms with van der Waals surface area (Å²) in [7, 11) is 0. The summed E-state index contributed by atoms with van der Waals surface area (Å²) in [6, 6.07) is 6.61. The number of fused-ring (bicyclic) bond motifs is 2. The number of amides is 1. The van der Waals surface area contributed by atoms with Gasteiger partial charge in [0.15, 0.2) is 18.2 Å². The first-order chi connectivity index (χ1) is 21.2. The normalized spacial score (nSPS) is 34.1. The molecule has 1 amide bonds. The lowest BCUT2D eigenvalue weighted by molar-refractivity contribution is -0.577. The maximum atomic E-state index is 12.6. The third-order valence-corrected chi connectivity index (χ3v) is 9.55. The highest BCUT2D eigenvalue weighted by atomic mass is 17.3. The molecule has 240 valence electrons. The van der Waals surface area contributed by atoms with Crippen molar-refractivity contribution >= 4 is 17.6 Å². The molecule has 2 aromatic rings. The molecule has 0 radical (unpaired) electrons. The number of rotatable bonds is 11. The SMILES string of the molecule is CCOC(=O)c1ccc(NC(=O)Cn2cccn2)cc1OCCCO[C@H]1O[C@@H]2O[C@@]3(C)CCC4[C@H](C)CC[C@@H]([C@H]1C)[C@]42OO3. The number of esters is 1. The first-order valence-electron chi connectivity index (χ1n) is 15.8. The van der Waals surface area contributed by atoms with E-state index in [1.807, 2.05) is 6.92 Å². The van der Waals surface area contributed by atoms with Gasteiger partial charge in [0.2, 0.25) is 11.7 Å². The van der Waals surface area contributed by atoms with E-state index < -0.39 is 29.9 Å². The zero-order valence-electron chi connectivity index (χ0n) is 25.9. The number of hydrogen-bond acceptors (Lipinski definition) is 10. The van der Waals surface area contributed by atoms with E-state index in [2.05, 4.69) is 24.3 Å². The molecule has 1 N–H and O–H groups in total. The molecule has 7 rings (SSSR count). The number of ether oxygens (including phenoxy) is 5. The van der Waals surface area contributed by atoms with E-state index in [9.17, 15) is 9.59 Å². The van der Waals surface area contributed by atoms with E-state index in [0.717, 1.165) is 25.7 Å². The lowest BCUT2D eigenvalue weighted by Gasteiger charge is -2.60. The fourth-order valence-corrected chi connectivity index (χ4v) is 7.34. The van der Waals surface area contributed by atoms with Gasteiger partial charge in [-0.05, 0) is 63.1 Å². The van der Waals surface area contributed by atoms with Crippen LogP contribution in [0.15, 0.2) is 36.7 Å². The van der Waals surface area contributed by atoms with Crippen LogP contribution in [0.2, 0.25) is 0 Å². The van der Waals surface area contributed by atoms with Crippen LogP contribution in [0.25, 0.3) is 0 Å². The van der Waals surface area contributed by atoms with Crippen molar-refractivity contribution in [2.75, 3.05) is 25.1 Å². The number of nitrogens with one attached hydrogen (secondary N) is 1. The lowest BCUT2D eigenvalue weighted by atomic mass is 9.58. The summed E-state index contributed by atoms with van der Waals surface area (Å²) in [6.07, 6.45) is 6.71. The van der Waals surface area contributed by atoms with Gasteiger partial charge < -0.3 is 29.0 Å². The Bertz CT molecular complexity index is 1320. The minimum Gasteiger partial charge on any atom is -0.493 e. The van der Waals surface area contributed by atoms with Crippen LogP contribution in [0.1, 0.15) is 70.2 Å². The van der Waals surface area contributed by atoms with Gasteiger partial charge in [-0.2, -0.15) is 5.10 Å². The fraction of sp³-hybridized carbons (Fsp3) is 0.656. The molecular weight excluding hydrogens is 570 g/mol. The zero-order valence-corrected chi connectivity index (χ0v) is 25.9. The smallest absolute Gasteiger partial charge is 0.341 e. The van der Waals surface area contributed by atoms with Crippen LogP contribution < -0.4 is 10.1 Å². The Morgan fingerprint density at radius 1 is 1.14 bits per heavy atom. The molecular formula is C32H43N3O9. The van der Waals surface area contributed by atoms with Crippen LogP contribution in [0.5, 0.6) is 5.75 Å². The van der Waals surface area contributed by atoms with Crippen LogP contribution in [-0.2, 0) is 40.1 Å². The fourth-order valence-electron chi connectivity index (χ4n) is 7.34. The Morgan fingerprint density at radius 2 is 2.00 bits per heavy atom. The molecule has 44 heavy (non-hydrogen) atoms. The van der Waals surface area contributed by atoms with Crippen molar-refractivity contribution in [3.05, 3.63) is 42.2 Å². The molecule has 5 fully saturated rings. The molecule has 2 bridgehead atoms. The Kier molecular flexibility index (Phi) is 8.98. The standard InChI is InChI=1S/C32H43N3O9/c1-5-38-28(37)23-10-9-22(34-27(36)19-35-15-6-14-33-35)18-26(23)39-16-7-17-40-29-21(3)25-11-8-20(2)24-12-13-31(4)42-30(41-29)32(24,25)44-43-31/h6,9-10,14-15,18,20-21,24-25,29-30H,5,7-8,11-13,16-17,19H2,1-4H3,(H,34,36)/t20-,21-,24?,25+,29+,30-,31-,32-/m1/s1. The molecule has 5 heterocycles. The van der Waals surface area contributed by atoms with E-state index in [-0.39, 0.29) is 43.1 Å². The summed E-state index contributed by atoms with van der Waals surface area (Å²) in [5, 5.41) is 6.88. The zero-order chi connectivity index (χ0) is 30.9. The van der Waals surface area contributed by atoms with Gasteiger partial charge in [-0.25, -0.2) is 14.6 Å². The number of anilines is 1. The van der Waals surface area contributed by atoms with Crippen molar-refractivity contribution in [3.8, 4) is 5.75 Å². The average Bonchev–Trinajstić information content (AvgIpc) is 3.40. The van der Waals surface area contributed by atoms with Crippen molar-refractivity contribution in [1.29, 1.82) is 0 Å². The van der Waals surface area contributed by atoms with Gasteiger partial charge in [0, 0.05) is 48.8 Å². The predicted octanol–water partition coefficient (Wildman–Crippen LogP) is 4.69. The summed E-state index contributed by atoms with van der Waals surface area (Å²) in [5.74, 6) is -0.207. The van der Waals surface area contributed by atoms with Crippen molar-refractivity contribution < 1.29 is 43.0 Å². The Morgan fingerprint density at radius 3 is 2.80 bits per heavy atom. The monoisotopic (exact) mass is 613 g/mol. The average molecular weight is 614 g/mol. The second-order valence-corrected chi connectivity index (χ2v) is 12.5. The summed E-state index contributed by atoms with van der Waals surface area (Å²) in [4.78, 5) is 37.2. The van der Waals surface area contributed by atoms with Gasteiger partial charge in [-0.15, -0.1) is 0 Å². The maximum Gasteiger partial charge on any atom is 0.341 e. The number of hydrogen-bond donors (Lipinski definition) is 1. The third kappa shape index (κ3) is 5.97. The van der Waals surface area contributed by atoms with E-state index in [4.69, 9.17) is 33.5 Å². The molecule has 1 unspecified atom stereocenters. The first kappa shape index (κ1) is 31.0. The first-order valence-corrected chi connectivity index (χ1v) is 15.8. The molecule has 1 spiro atoms. The van der Waals surface area contributed by atoms with Gasteiger partial charge in [0.25, 0.3) is 0 Å². The van der Waals surface area contributed by atoms with Crippen LogP contribution in [0.3, 0.4) is 0 Å². The largest absolute Gasteiger partial charge is 0.493 e. The topological polar surface area (TPSA) is 129 Å². The predicted molar refractivity (Wildman–Crippen MR) is 156 cm³/mol. The number of carbonyl (C=O) groups excluding carboxylic acids is 2. The maximum absolute atomic E-state index is 12.6. The Labute approximate surface area is 257 Å². The molecule has 4 saturated heterocycles. The second-order valence-electron chi connectivity index (χ2n) is 12.5. The molecule has 1 aliphatic carbocycles. The highest BCUT2D eigenvalue weighted by Gasteiger charge is 2.69. The van der Waals surface area contributed by atoms with Crippen LogP contribution >= 0.6 is 0 Å². The molecule has 1 saturated carbocycles. The van der Waals surface area contributed by atoms with Crippen molar-refractivity contribution in [2.45, 2.75) is 90.3 Å². The van der Waals surface area contributed by atoms with Gasteiger partial charge in [-0.3, -0.25) is 9.48 Å². The van der Waals surface area contributed by atoms with E-state index in [1.54, 1.807) is 43.6 Å². The second kappa shape index (κ2) is 12.8. The number of carbonyl (C=O) groups is 2. The molecule has 12 nitrogen and oxygen atoms in total. The summed E-state index contributed by atoms with van der Waals surface area (Å²) < 4.78 is 32.0. The summed E-state index contributed by atoms with van der Waals surface area (Å²) in [6.45, 7) is 9.06. The van der Waals surface area contributed by atoms with E-state index in [1.165, 1.54) is 4.68 Å². The number of nitrogens with zero attached hydrogens (tertiary/aromatic N) is 2.